The smallest absolute Gasteiger partial charge is 0.405 e. The molecule has 4 aromatic heterocycles. The fourth-order valence-corrected chi connectivity index (χ4v) is 6.73. The van der Waals surface area contributed by atoms with Gasteiger partial charge >= 0.3 is 27.2 Å². The van der Waals surface area contributed by atoms with Crippen LogP contribution in [0.15, 0.2) is 60.7 Å². The molecule has 46 heavy (non-hydrogen) atoms. The number of aromatic nitrogens is 4. The van der Waals surface area contributed by atoms with E-state index < -0.39 is 22.7 Å². The zero-order valence-electron chi connectivity index (χ0n) is 27.0. The molecule has 0 fully saturated rings. The molecule has 0 amide bonds. The van der Waals surface area contributed by atoms with Crippen molar-refractivity contribution in [2.45, 2.75) is 58.5 Å². The third kappa shape index (κ3) is 4.71. The quantitative estimate of drug-likeness (QED) is 0.157. The number of benzene rings is 2. The molecule has 0 saturated carbocycles. The zero-order valence-corrected chi connectivity index (χ0v) is 29.2. The maximum atomic E-state index is 15.1. The third-order valence-electron chi connectivity index (χ3n) is 9.40. The van der Waals surface area contributed by atoms with Crippen molar-refractivity contribution in [2.24, 2.45) is 0 Å². The van der Waals surface area contributed by atoms with Crippen molar-refractivity contribution < 1.29 is 34.2 Å². The van der Waals surface area contributed by atoms with Gasteiger partial charge in [0.05, 0.1) is 11.6 Å². The van der Waals surface area contributed by atoms with Crippen LogP contribution < -0.4 is 4.90 Å². The molecule has 1 aliphatic rings. The van der Waals surface area contributed by atoms with Gasteiger partial charge in [0.15, 0.2) is 0 Å². The van der Waals surface area contributed by atoms with E-state index in [1.165, 1.54) is 6.07 Å². The summed E-state index contributed by atoms with van der Waals surface area (Å²) in [6.45, 7) is 12.2. The van der Waals surface area contributed by atoms with Crippen molar-refractivity contribution in [1.29, 1.82) is 0 Å². The molecule has 0 N–H and O–H groups in total. The number of hydrogen-bond acceptors (Lipinski definition) is 3. The molecule has 5 nitrogen and oxygen atoms in total. The largest absolute Gasteiger partial charge is 2.00 e. The zero-order chi connectivity index (χ0) is 32.2. The first kappa shape index (κ1) is 32.1. The number of nitrogens with zero attached hydrogens (tertiary/aromatic N) is 5. The van der Waals surface area contributed by atoms with Crippen LogP contribution in [-0.4, -0.2) is 33.2 Å². The molecule has 6 aromatic rings. The second-order valence-corrected chi connectivity index (χ2v) is 13.4. The normalized spacial score (nSPS) is 15.0. The van der Waals surface area contributed by atoms with Crippen LogP contribution in [0.2, 0.25) is 0 Å². The third-order valence-corrected chi connectivity index (χ3v) is 9.40. The summed E-state index contributed by atoms with van der Waals surface area (Å²) in [5.41, 5.74) is 3.51. The fraction of sp³-hybridized carbons (Fsp3) is 0.297. The van der Waals surface area contributed by atoms with E-state index in [0.29, 0.717) is 11.1 Å². The maximum Gasteiger partial charge on any atom is 2.00 e. The Morgan fingerprint density at radius 2 is 1.26 bits per heavy atom. The summed E-state index contributed by atoms with van der Waals surface area (Å²) in [5, 5.41) is 2.42. The molecule has 9 heteroatoms. The van der Waals surface area contributed by atoms with E-state index >= 15 is 13.2 Å². The van der Waals surface area contributed by atoms with E-state index in [-0.39, 0.29) is 32.3 Å². The van der Waals surface area contributed by atoms with Crippen molar-refractivity contribution in [3.63, 3.8) is 0 Å². The molecule has 2 aromatic carbocycles. The van der Waals surface area contributed by atoms with Crippen LogP contribution in [0.4, 0.5) is 18.9 Å². The molecular formula is C37H34F3N5Pt. The second kappa shape index (κ2) is 10.6. The van der Waals surface area contributed by atoms with Crippen molar-refractivity contribution >= 4 is 27.2 Å². The van der Waals surface area contributed by atoms with Gasteiger partial charge in [-0.2, -0.15) is 13.2 Å². The summed E-state index contributed by atoms with van der Waals surface area (Å²) < 4.78 is 48.3. The molecule has 238 valence electrons. The standard InChI is InChI=1S/C37H34F3N5.Pt/c1-21-15-30-36(5,6)31-17-23(43(7)8)18-33(42-31)45-20-27-25(34(45)37(38,39)40)12-10-14-29(27)35(3,4)28-13-9-11-24-22(2)44(19-26(24)28)32(16-21)41-30;/h9-18H,1-8H3;/q-2;+2. The number of fused-ring (bicyclic) bond motifs is 8. The Morgan fingerprint density at radius 3 is 1.87 bits per heavy atom. The Kier molecular flexibility index (Phi) is 7.36. The SMILES string of the molecule is Cc1cc2nc(c1)C(C)(C)c1cc(N(C)C)cc(n1)-n1[c-]c3c(cccc3c1C(F)(F)F)C(C)(C)c1cccc3c(C)n-2[c-]c13.[Pt+2]. The van der Waals surface area contributed by atoms with E-state index in [9.17, 15) is 0 Å². The van der Waals surface area contributed by atoms with Gasteiger partial charge in [-0.15, -0.1) is 21.9 Å². The Balaban J connectivity index is 0.00000372. The molecule has 0 atom stereocenters. The van der Waals surface area contributed by atoms with E-state index in [1.807, 2.05) is 94.6 Å². The number of pyridine rings is 2. The van der Waals surface area contributed by atoms with Gasteiger partial charge < -0.3 is 14.0 Å². The van der Waals surface area contributed by atoms with Crippen molar-refractivity contribution in [3.05, 3.63) is 113 Å². The maximum absolute atomic E-state index is 15.1. The first-order valence-electron chi connectivity index (χ1n) is 15.0. The number of hydrogen-bond donors (Lipinski definition) is 0. The molecular weight excluding hydrogens is 767 g/mol. The molecule has 0 saturated heterocycles. The fourth-order valence-electron chi connectivity index (χ4n) is 6.73. The van der Waals surface area contributed by atoms with Gasteiger partial charge in [0.1, 0.15) is 0 Å². The molecule has 1 aliphatic heterocycles. The Morgan fingerprint density at radius 1 is 0.717 bits per heavy atom. The van der Waals surface area contributed by atoms with Gasteiger partial charge in [0.2, 0.25) is 0 Å². The number of alkyl halides is 3. The van der Waals surface area contributed by atoms with Crippen LogP contribution in [0.1, 0.15) is 67.2 Å². The second-order valence-electron chi connectivity index (χ2n) is 13.4. The summed E-state index contributed by atoms with van der Waals surface area (Å²) in [4.78, 5) is 12.0. The molecule has 8 bridgehead atoms. The van der Waals surface area contributed by atoms with Gasteiger partial charge in [-0.1, -0.05) is 85.3 Å². The Hall–Kier alpha value is -3.90. The molecule has 0 radical (unpaired) electrons. The van der Waals surface area contributed by atoms with Crippen LogP contribution in [0, 0.1) is 26.2 Å². The summed E-state index contributed by atoms with van der Waals surface area (Å²) in [6, 6.07) is 18.9. The van der Waals surface area contributed by atoms with Gasteiger partial charge in [-0.25, -0.2) is 0 Å². The van der Waals surface area contributed by atoms with Crippen LogP contribution >= 0.6 is 0 Å². The predicted octanol–water partition coefficient (Wildman–Crippen LogP) is 8.63. The first-order chi connectivity index (χ1) is 21.1. The predicted molar refractivity (Wildman–Crippen MR) is 173 cm³/mol. The summed E-state index contributed by atoms with van der Waals surface area (Å²) in [6.07, 6.45) is 2.13. The summed E-state index contributed by atoms with van der Waals surface area (Å²) in [7, 11) is 3.74. The monoisotopic (exact) mass is 800 g/mol. The molecule has 0 aliphatic carbocycles. The van der Waals surface area contributed by atoms with Crippen molar-refractivity contribution in [3.8, 4) is 11.6 Å². The molecule has 5 heterocycles. The number of halogens is 3. The average molecular weight is 801 g/mol. The van der Waals surface area contributed by atoms with E-state index in [0.717, 1.165) is 54.9 Å². The minimum absolute atomic E-state index is 0. The van der Waals surface area contributed by atoms with Gasteiger partial charge in [-0.05, 0) is 56.8 Å². The van der Waals surface area contributed by atoms with Crippen LogP contribution in [0.3, 0.4) is 0 Å². The van der Waals surface area contributed by atoms with E-state index in [4.69, 9.17) is 9.97 Å². The van der Waals surface area contributed by atoms with Crippen LogP contribution in [-0.2, 0) is 38.1 Å². The first-order valence-corrected chi connectivity index (χ1v) is 15.0. The van der Waals surface area contributed by atoms with Crippen molar-refractivity contribution in [1.82, 2.24) is 19.1 Å². The van der Waals surface area contributed by atoms with Gasteiger partial charge in [0.25, 0.3) is 0 Å². The summed E-state index contributed by atoms with van der Waals surface area (Å²) >= 11 is 0. The molecule has 0 spiro atoms. The minimum Gasteiger partial charge on any atom is -0.405 e. The molecule has 7 rings (SSSR count). The molecule has 0 unspecified atom stereocenters. The number of rotatable bonds is 1. The van der Waals surface area contributed by atoms with Crippen LogP contribution in [0.25, 0.3) is 33.2 Å². The van der Waals surface area contributed by atoms with E-state index in [1.54, 1.807) is 12.1 Å². The average Bonchev–Trinajstić information content (AvgIpc) is 3.54. The minimum atomic E-state index is -4.66. The number of aryl methyl sites for hydroxylation is 2. The number of anilines is 1. The summed E-state index contributed by atoms with van der Waals surface area (Å²) in [5.74, 6) is 0.880. The van der Waals surface area contributed by atoms with Crippen LogP contribution in [0.5, 0.6) is 0 Å². The Labute approximate surface area is 281 Å². The Bertz CT molecular complexity index is 2170. The van der Waals surface area contributed by atoms with E-state index in [2.05, 4.69) is 25.4 Å². The van der Waals surface area contributed by atoms with Crippen molar-refractivity contribution in [2.75, 3.05) is 19.0 Å². The van der Waals surface area contributed by atoms with Gasteiger partial charge in [0, 0.05) is 42.3 Å². The topological polar surface area (TPSA) is 38.9 Å². The van der Waals surface area contributed by atoms with Gasteiger partial charge in [-0.3, -0.25) is 9.97 Å².